The van der Waals surface area contributed by atoms with Crippen LogP contribution in [0.15, 0.2) is 42.7 Å². The predicted octanol–water partition coefficient (Wildman–Crippen LogP) is 2.47. The standard InChI is InChI=1S/C17H19N3/c1-2-14-12-15-6-9-19-10-11-20(15)17(14)16(3-1)13-4-7-18-8-5-13/h1-5,7-8,15,19H,6,9-12H2. The van der Waals surface area contributed by atoms with Crippen molar-refractivity contribution in [2.24, 2.45) is 0 Å². The lowest BCUT2D eigenvalue weighted by Crippen LogP contribution is -2.33. The molecule has 2 aliphatic rings. The second-order valence-corrected chi connectivity index (χ2v) is 5.64. The van der Waals surface area contributed by atoms with Crippen LogP contribution in [0.25, 0.3) is 11.1 Å². The van der Waals surface area contributed by atoms with Crippen molar-refractivity contribution in [2.75, 3.05) is 24.5 Å². The quantitative estimate of drug-likeness (QED) is 0.858. The van der Waals surface area contributed by atoms with E-state index in [2.05, 4.69) is 45.5 Å². The topological polar surface area (TPSA) is 28.2 Å². The molecular weight excluding hydrogens is 246 g/mol. The SMILES string of the molecule is c1cc2c(c(-c3ccncc3)c1)N1CCNCCC1C2. The van der Waals surface area contributed by atoms with Crippen molar-refractivity contribution in [2.45, 2.75) is 18.9 Å². The van der Waals surface area contributed by atoms with Gasteiger partial charge in [0.1, 0.15) is 0 Å². The zero-order valence-corrected chi connectivity index (χ0v) is 11.5. The van der Waals surface area contributed by atoms with Gasteiger partial charge in [-0.15, -0.1) is 0 Å². The molecule has 3 heteroatoms. The van der Waals surface area contributed by atoms with E-state index in [0.717, 1.165) is 19.6 Å². The van der Waals surface area contributed by atoms with Crippen LogP contribution in [0.4, 0.5) is 5.69 Å². The monoisotopic (exact) mass is 265 g/mol. The number of nitrogens with one attached hydrogen (secondary N) is 1. The third-order valence-electron chi connectivity index (χ3n) is 4.48. The summed E-state index contributed by atoms with van der Waals surface area (Å²) in [6, 6.07) is 11.6. The lowest BCUT2D eigenvalue weighted by atomic mass is 10.0. The van der Waals surface area contributed by atoms with E-state index < -0.39 is 0 Å². The Morgan fingerprint density at radius 1 is 1.10 bits per heavy atom. The largest absolute Gasteiger partial charge is 0.366 e. The summed E-state index contributed by atoms with van der Waals surface area (Å²) in [4.78, 5) is 6.75. The van der Waals surface area contributed by atoms with Gasteiger partial charge in [0, 0.05) is 42.8 Å². The summed E-state index contributed by atoms with van der Waals surface area (Å²) in [6.07, 6.45) is 6.19. The minimum Gasteiger partial charge on any atom is -0.366 e. The van der Waals surface area contributed by atoms with Crippen LogP contribution in [0.1, 0.15) is 12.0 Å². The smallest absolute Gasteiger partial charge is 0.0482 e. The van der Waals surface area contributed by atoms with Crippen molar-refractivity contribution in [3.05, 3.63) is 48.3 Å². The lowest BCUT2D eigenvalue weighted by Gasteiger charge is -2.26. The normalized spacial score (nSPS) is 21.2. The van der Waals surface area contributed by atoms with Crippen molar-refractivity contribution in [1.29, 1.82) is 0 Å². The molecule has 1 saturated heterocycles. The van der Waals surface area contributed by atoms with Crippen LogP contribution >= 0.6 is 0 Å². The highest BCUT2D eigenvalue weighted by molar-refractivity contribution is 5.83. The van der Waals surface area contributed by atoms with Crippen LogP contribution in [0.5, 0.6) is 0 Å². The van der Waals surface area contributed by atoms with E-state index in [9.17, 15) is 0 Å². The van der Waals surface area contributed by atoms with Gasteiger partial charge in [0.05, 0.1) is 0 Å². The van der Waals surface area contributed by atoms with Crippen LogP contribution in [-0.2, 0) is 6.42 Å². The van der Waals surface area contributed by atoms with Crippen LogP contribution in [-0.4, -0.2) is 30.7 Å². The van der Waals surface area contributed by atoms with Crippen LogP contribution in [0.2, 0.25) is 0 Å². The van der Waals surface area contributed by atoms with Gasteiger partial charge in [-0.1, -0.05) is 18.2 Å². The molecule has 1 N–H and O–H groups in total. The lowest BCUT2D eigenvalue weighted by molar-refractivity contribution is 0.612. The Morgan fingerprint density at radius 3 is 2.90 bits per heavy atom. The predicted molar refractivity (Wildman–Crippen MR) is 82.0 cm³/mol. The third kappa shape index (κ3) is 1.90. The van der Waals surface area contributed by atoms with E-state index in [1.807, 2.05) is 12.4 Å². The molecule has 102 valence electrons. The molecule has 3 heterocycles. The Labute approximate surface area is 119 Å². The molecule has 4 rings (SSSR count). The number of anilines is 1. The molecule has 20 heavy (non-hydrogen) atoms. The first-order valence-electron chi connectivity index (χ1n) is 7.43. The van der Waals surface area contributed by atoms with Gasteiger partial charge < -0.3 is 10.2 Å². The van der Waals surface area contributed by atoms with Crippen molar-refractivity contribution in [1.82, 2.24) is 10.3 Å². The molecule has 1 atom stereocenters. The Kier molecular flexibility index (Phi) is 2.92. The fraction of sp³-hybridized carbons (Fsp3) is 0.353. The van der Waals surface area contributed by atoms with Gasteiger partial charge in [0.15, 0.2) is 0 Å². The average molecular weight is 265 g/mol. The summed E-state index contributed by atoms with van der Waals surface area (Å²) < 4.78 is 0. The van der Waals surface area contributed by atoms with Gasteiger partial charge in [-0.2, -0.15) is 0 Å². The van der Waals surface area contributed by atoms with Crippen molar-refractivity contribution in [3.8, 4) is 11.1 Å². The van der Waals surface area contributed by atoms with Crippen molar-refractivity contribution in [3.63, 3.8) is 0 Å². The molecular formula is C17H19N3. The minimum absolute atomic E-state index is 0.669. The molecule has 0 saturated carbocycles. The summed E-state index contributed by atoms with van der Waals surface area (Å²) >= 11 is 0. The maximum atomic E-state index is 4.14. The van der Waals surface area contributed by atoms with E-state index in [0.29, 0.717) is 6.04 Å². The fourth-order valence-electron chi connectivity index (χ4n) is 3.55. The third-order valence-corrected chi connectivity index (χ3v) is 4.48. The second kappa shape index (κ2) is 4.91. The second-order valence-electron chi connectivity index (χ2n) is 5.64. The van der Waals surface area contributed by atoms with Crippen LogP contribution in [0.3, 0.4) is 0 Å². The first-order chi connectivity index (χ1) is 9.93. The highest BCUT2D eigenvalue weighted by atomic mass is 15.2. The average Bonchev–Trinajstić information content (AvgIpc) is 2.70. The minimum atomic E-state index is 0.669. The number of fused-ring (bicyclic) bond motifs is 3. The van der Waals surface area contributed by atoms with Gasteiger partial charge >= 0.3 is 0 Å². The molecule has 1 fully saturated rings. The number of nitrogens with zero attached hydrogens (tertiary/aromatic N) is 2. The molecule has 0 aliphatic carbocycles. The Hall–Kier alpha value is -1.87. The summed E-state index contributed by atoms with van der Waals surface area (Å²) in [6.45, 7) is 3.33. The first-order valence-corrected chi connectivity index (χ1v) is 7.43. The molecule has 0 bridgehead atoms. The molecule has 1 aromatic carbocycles. The molecule has 2 aromatic rings. The molecule has 0 spiro atoms. The zero-order valence-electron chi connectivity index (χ0n) is 11.5. The number of benzene rings is 1. The Morgan fingerprint density at radius 2 is 2.00 bits per heavy atom. The number of rotatable bonds is 1. The van der Waals surface area contributed by atoms with Crippen LogP contribution in [0, 0.1) is 0 Å². The van der Waals surface area contributed by atoms with Crippen molar-refractivity contribution >= 4 is 5.69 Å². The molecule has 1 unspecified atom stereocenters. The molecule has 2 aliphatic heterocycles. The van der Waals surface area contributed by atoms with Gasteiger partial charge in [0.25, 0.3) is 0 Å². The maximum Gasteiger partial charge on any atom is 0.0482 e. The summed E-state index contributed by atoms with van der Waals surface area (Å²) in [5, 5.41) is 3.51. The number of para-hydroxylation sites is 1. The zero-order chi connectivity index (χ0) is 13.4. The number of hydrogen-bond acceptors (Lipinski definition) is 3. The Bertz CT molecular complexity index is 609. The Balaban J connectivity index is 1.83. The maximum absolute atomic E-state index is 4.14. The molecule has 0 amide bonds. The van der Waals surface area contributed by atoms with E-state index in [4.69, 9.17) is 0 Å². The van der Waals surface area contributed by atoms with Gasteiger partial charge in [-0.3, -0.25) is 4.98 Å². The highest BCUT2D eigenvalue weighted by Crippen LogP contribution is 2.41. The van der Waals surface area contributed by atoms with Gasteiger partial charge in [0.2, 0.25) is 0 Å². The van der Waals surface area contributed by atoms with Crippen LogP contribution < -0.4 is 10.2 Å². The van der Waals surface area contributed by atoms with Gasteiger partial charge in [-0.05, 0) is 42.6 Å². The first kappa shape index (κ1) is 11.9. The van der Waals surface area contributed by atoms with E-state index in [1.165, 1.54) is 35.2 Å². The molecule has 1 aromatic heterocycles. The van der Waals surface area contributed by atoms with E-state index in [-0.39, 0.29) is 0 Å². The fourth-order valence-corrected chi connectivity index (χ4v) is 3.55. The van der Waals surface area contributed by atoms with E-state index >= 15 is 0 Å². The summed E-state index contributed by atoms with van der Waals surface area (Å²) in [5.41, 5.74) is 5.59. The number of pyridine rings is 1. The molecule has 0 radical (unpaired) electrons. The number of hydrogen-bond donors (Lipinski definition) is 1. The summed E-state index contributed by atoms with van der Waals surface area (Å²) in [5.74, 6) is 0. The number of aromatic nitrogens is 1. The molecule has 3 nitrogen and oxygen atoms in total. The highest BCUT2D eigenvalue weighted by Gasteiger charge is 2.31. The van der Waals surface area contributed by atoms with Crippen molar-refractivity contribution < 1.29 is 0 Å². The van der Waals surface area contributed by atoms with Gasteiger partial charge in [-0.25, -0.2) is 0 Å². The van der Waals surface area contributed by atoms with E-state index in [1.54, 1.807) is 0 Å². The summed E-state index contributed by atoms with van der Waals surface area (Å²) in [7, 11) is 0.